The van der Waals surface area contributed by atoms with Gasteiger partial charge in [0.25, 0.3) is 0 Å². The zero-order valence-corrected chi connectivity index (χ0v) is 13.5. The van der Waals surface area contributed by atoms with Gasteiger partial charge in [-0.3, -0.25) is 4.79 Å². The third-order valence-corrected chi connectivity index (χ3v) is 4.19. The van der Waals surface area contributed by atoms with Crippen LogP contribution in [0.3, 0.4) is 0 Å². The van der Waals surface area contributed by atoms with Crippen LogP contribution in [-0.2, 0) is 14.9 Å². The van der Waals surface area contributed by atoms with Gasteiger partial charge in [-0.2, -0.15) is 0 Å². The summed E-state index contributed by atoms with van der Waals surface area (Å²) in [5.41, 5.74) is 1.19. The van der Waals surface area contributed by atoms with Crippen molar-refractivity contribution in [2.75, 3.05) is 40.0 Å². The maximum Gasteiger partial charge on any atom is 0.233 e. The lowest BCUT2D eigenvalue weighted by molar-refractivity contribution is -0.120. The average molecular weight is 306 g/mol. The molecule has 1 aliphatic rings. The summed E-state index contributed by atoms with van der Waals surface area (Å²) < 4.78 is 11.0. The molecule has 1 aliphatic heterocycles. The number of likely N-dealkylation sites (N-methyl/N-ethyl adjacent to an activating group) is 1. The summed E-state index contributed by atoms with van der Waals surface area (Å²) in [7, 11) is 1.77. The molecule has 0 unspecified atom stereocenters. The summed E-state index contributed by atoms with van der Waals surface area (Å²) in [5, 5.41) is 5.92. The van der Waals surface area contributed by atoms with Crippen LogP contribution in [0.4, 0.5) is 0 Å². The second-order valence-electron chi connectivity index (χ2n) is 5.66. The summed E-state index contributed by atoms with van der Waals surface area (Å²) in [6, 6.07) is 8.23. The van der Waals surface area contributed by atoms with E-state index in [9.17, 15) is 4.79 Å². The molecule has 1 saturated heterocycles. The van der Waals surface area contributed by atoms with Crippen molar-refractivity contribution in [2.24, 2.45) is 0 Å². The molecule has 1 fully saturated rings. The average Bonchev–Trinajstić information content (AvgIpc) is 2.55. The van der Waals surface area contributed by atoms with E-state index in [1.807, 2.05) is 19.1 Å². The molecule has 22 heavy (non-hydrogen) atoms. The van der Waals surface area contributed by atoms with Crippen molar-refractivity contribution >= 4 is 5.91 Å². The van der Waals surface area contributed by atoms with Crippen LogP contribution in [0.1, 0.15) is 25.3 Å². The standard InChI is InChI=1S/C17H26N2O3/c1-3-22-15-6-4-14(5-7-15)17(8-10-21-11-9-17)13-19-16(20)12-18-2/h4-7,18H,3,8-13H2,1-2H3,(H,19,20). The number of benzene rings is 1. The first-order chi connectivity index (χ1) is 10.7. The maximum absolute atomic E-state index is 11.8. The molecule has 0 atom stereocenters. The molecule has 5 heteroatoms. The van der Waals surface area contributed by atoms with Crippen molar-refractivity contribution in [1.82, 2.24) is 10.6 Å². The van der Waals surface area contributed by atoms with Gasteiger partial charge in [-0.1, -0.05) is 12.1 Å². The van der Waals surface area contributed by atoms with Gasteiger partial charge in [0.05, 0.1) is 13.2 Å². The zero-order valence-electron chi connectivity index (χ0n) is 13.5. The van der Waals surface area contributed by atoms with Crippen LogP contribution in [0.15, 0.2) is 24.3 Å². The number of amides is 1. The first kappa shape index (κ1) is 16.8. The molecular weight excluding hydrogens is 280 g/mol. The lowest BCUT2D eigenvalue weighted by Crippen LogP contribution is -2.46. The number of hydrogen-bond donors (Lipinski definition) is 2. The first-order valence-corrected chi connectivity index (χ1v) is 7.92. The minimum Gasteiger partial charge on any atom is -0.494 e. The van der Waals surface area contributed by atoms with E-state index in [-0.39, 0.29) is 11.3 Å². The van der Waals surface area contributed by atoms with Crippen LogP contribution in [0.2, 0.25) is 0 Å². The number of hydrogen-bond acceptors (Lipinski definition) is 4. The third kappa shape index (κ3) is 4.21. The molecule has 0 spiro atoms. The number of carbonyl (C=O) groups excluding carboxylic acids is 1. The lowest BCUT2D eigenvalue weighted by Gasteiger charge is -2.38. The van der Waals surface area contributed by atoms with Crippen molar-refractivity contribution in [3.8, 4) is 5.75 Å². The zero-order chi connectivity index (χ0) is 15.8. The van der Waals surface area contributed by atoms with E-state index in [0.717, 1.165) is 31.8 Å². The van der Waals surface area contributed by atoms with Crippen LogP contribution >= 0.6 is 0 Å². The molecule has 1 heterocycles. The van der Waals surface area contributed by atoms with Gasteiger partial charge in [0.1, 0.15) is 5.75 Å². The quantitative estimate of drug-likeness (QED) is 0.801. The van der Waals surface area contributed by atoms with E-state index < -0.39 is 0 Å². The molecule has 1 amide bonds. The Bertz CT molecular complexity index is 467. The second-order valence-corrected chi connectivity index (χ2v) is 5.66. The molecule has 5 nitrogen and oxygen atoms in total. The van der Waals surface area contributed by atoms with Crippen LogP contribution in [-0.4, -0.2) is 45.9 Å². The Morgan fingerprint density at radius 2 is 1.95 bits per heavy atom. The smallest absolute Gasteiger partial charge is 0.233 e. The maximum atomic E-state index is 11.8. The lowest BCUT2D eigenvalue weighted by atomic mass is 9.74. The Kier molecular flexibility index (Phi) is 6.21. The van der Waals surface area contributed by atoms with Crippen molar-refractivity contribution in [3.63, 3.8) is 0 Å². The molecule has 2 rings (SSSR count). The Morgan fingerprint density at radius 1 is 1.27 bits per heavy atom. The van der Waals surface area contributed by atoms with Gasteiger partial charge in [0.2, 0.25) is 5.91 Å². The predicted octanol–water partition coefficient (Wildman–Crippen LogP) is 1.47. The monoisotopic (exact) mass is 306 g/mol. The topological polar surface area (TPSA) is 59.6 Å². The molecule has 0 radical (unpaired) electrons. The first-order valence-electron chi connectivity index (χ1n) is 7.92. The summed E-state index contributed by atoms with van der Waals surface area (Å²) in [6.07, 6.45) is 1.83. The van der Waals surface area contributed by atoms with E-state index >= 15 is 0 Å². The van der Waals surface area contributed by atoms with Crippen LogP contribution < -0.4 is 15.4 Å². The Morgan fingerprint density at radius 3 is 2.55 bits per heavy atom. The largest absolute Gasteiger partial charge is 0.494 e. The van der Waals surface area contributed by atoms with Crippen LogP contribution in [0.25, 0.3) is 0 Å². The highest BCUT2D eigenvalue weighted by Gasteiger charge is 2.34. The summed E-state index contributed by atoms with van der Waals surface area (Å²) in [6.45, 7) is 5.09. The van der Waals surface area contributed by atoms with E-state index in [0.29, 0.717) is 19.7 Å². The van der Waals surface area contributed by atoms with E-state index in [1.54, 1.807) is 7.05 Å². The highest BCUT2D eigenvalue weighted by Crippen LogP contribution is 2.35. The fraction of sp³-hybridized carbons (Fsp3) is 0.588. The molecule has 1 aromatic carbocycles. The van der Waals surface area contributed by atoms with Gasteiger partial charge in [0, 0.05) is 25.2 Å². The molecular formula is C17H26N2O3. The number of nitrogens with one attached hydrogen (secondary N) is 2. The van der Waals surface area contributed by atoms with Gasteiger partial charge in [0.15, 0.2) is 0 Å². The van der Waals surface area contributed by atoms with E-state index in [4.69, 9.17) is 9.47 Å². The molecule has 0 bridgehead atoms. The van der Waals surface area contributed by atoms with Gasteiger partial charge < -0.3 is 20.1 Å². The predicted molar refractivity (Wildman–Crippen MR) is 86.3 cm³/mol. The van der Waals surface area contributed by atoms with Crippen LogP contribution in [0.5, 0.6) is 5.75 Å². The number of rotatable bonds is 7. The molecule has 2 N–H and O–H groups in total. The highest BCUT2D eigenvalue weighted by molar-refractivity contribution is 5.78. The summed E-state index contributed by atoms with van der Waals surface area (Å²) in [5.74, 6) is 0.909. The SMILES string of the molecule is CCOc1ccc(C2(CNC(=O)CNC)CCOCC2)cc1. The number of carbonyl (C=O) groups is 1. The van der Waals surface area contributed by atoms with Gasteiger partial charge >= 0.3 is 0 Å². The van der Waals surface area contributed by atoms with Crippen molar-refractivity contribution < 1.29 is 14.3 Å². The number of ether oxygens (including phenoxy) is 2. The molecule has 1 aromatic rings. The fourth-order valence-electron chi connectivity index (χ4n) is 2.89. The minimum atomic E-state index is -0.0492. The Hall–Kier alpha value is -1.59. The third-order valence-electron chi connectivity index (χ3n) is 4.19. The van der Waals surface area contributed by atoms with Gasteiger partial charge in [-0.15, -0.1) is 0 Å². The summed E-state index contributed by atoms with van der Waals surface area (Å²) >= 11 is 0. The molecule has 0 saturated carbocycles. The fourth-order valence-corrected chi connectivity index (χ4v) is 2.89. The van der Waals surface area contributed by atoms with E-state index in [2.05, 4.69) is 22.8 Å². The summed E-state index contributed by atoms with van der Waals surface area (Å²) in [4.78, 5) is 11.8. The van der Waals surface area contributed by atoms with E-state index in [1.165, 1.54) is 5.56 Å². The van der Waals surface area contributed by atoms with Crippen LogP contribution in [0, 0.1) is 0 Å². The van der Waals surface area contributed by atoms with Crippen molar-refractivity contribution in [1.29, 1.82) is 0 Å². The molecule has 0 aromatic heterocycles. The highest BCUT2D eigenvalue weighted by atomic mass is 16.5. The normalized spacial score (nSPS) is 17.0. The molecule has 0 aliphatic carbocycles. The Balaban J connectivity index is 2.11. The van der Waals surface area contributed by atoms with Gasteiger partial charge in [-0.25, -0.2) is 0 Å². The van der Waals surface area contributed by atoms with Crippen molar-refractivity contribution in [2.45, 2.75) is 25.2 Å². The minimum absolute atomic E-state index is 0.0271. The Labute approximate surface area is 132 Å². The van der Waals surface area contributed by atoms with Gasteiger partial charge in [-0.05, 0) is 44.5 Å². The van der Waals surface area contributed by atoms with Crippen molar-refractivity contribution in [3.05, 3.63) is 29.8 Å². The second kappa shape index (κ2) is 8.15. The molecule has 122 valence electrons.